The van der Waals surface area contributed by atoms with Gasteiger partial charge in [-0.3, -0.25) is 0 Å². The SMILES string of the molecule is Cc1cc(-c2ccccc2)nc([Se])c1C#N. The number of benzene rings is 1. The predicted molar refractivity (Wildman–Crippen MR) is 64.5 cm³/mol. The number of rotatable bonds is 1. The fourth-order valence-electron chi connectivity index (χ4n) is 1.54. The van der Waals surface area contributed by atoms with E-state index in [1.165, 1.54) is 0 Å². The maximum atomic E-state index is 8.95. The van der Waals surface area contributed by atoms with Crippen LogP contribution in [0, 0.1) is 18.3 Å². The van der Waals surface area contributed by atoms with Gasteiger partial charge in [-0.15, -0.1) is 0 Å². The summed E-state index contributed by atoms with van der Waals surface area (Å²) in [6.45, 7) is 1.92. The van der Waals surface area contributed by atoms with Gasteiger partial charge < -0.3 is 0 Å². The Balaban J connectivity index is 2.58. The molecule has 0 fully saturated rings. The van der Waals surface area contributed by atoms with E-state index >= 15 is 0 Å². The van der Waals surface area contributed by atoms with Gasteiger partial charge in [0.05, 0.1) is 0 Å². The van der Waals surface area contributed by atoms with Crippen molar-refractivity contribution in [3.05, 3.63) is 47.5 Å². The summed E-state index contributed by atoms with van der Waals surface area (Å²) in [6.07, 6.45) is 0. The van der Waals surface area contributed by atoms with Gasteiger partial charge in [0.2, 0.25) is 0 Å². The molecule has 0 unspecified atom stereocenters. The van der Waals surface area contributed by atoms with Gasteiger partial charge in [-0.2, -0.15) is 0 Å². The van der Waals surface area contributed by atoms with Gasteiger partial charge in [0, 0.05) is 0 Å². The van der Waals surface area contributed by atoms with Crippen LogP contribution in [0.1, 0.15) is 11.1 Å². The first-order chi connectivity index (χ1) is 7.72. The Morgan fingerprint density at radius 2 is 1.94 bits per heavy atom. The maximum absolute atomic E-state index is 8.95. The van der Waals surface area contributed by atoms with Gasteiger partial charge in [0.1, 0.15) is 0 Å². The molecule has 2 rings (SSSR count). The third-order valence-corrected chi connectivity index (χ3v) is 2.98. The van der Waals surface area contributed by atoms with Crippen molar-refractivity contribution in [3.63, 3.8) is 0 Å². The van der Waals surface area contributed by atoms with Crippen LogP contribution < -0.4 is 4.59 Å². The van der Waals surface area contributed by atoms with E-state index in [9.17, 15) is 0 Å². The van der Waals surface area contributed by atoms with Gasteiger partial charge in [-0.1, -0.05) is 0 Å². The van der Waals surface area contributed by atoms with Crippen LogP contribution in [0.25, 0.3) is 11.3 Å². The molecule has 0 aliphatic heterocycles. The minimum atomic E-state index is 0.625. The van der Waals surface area contributed by atoms with Crippen molar-refractivity contribution in [2.45, 2.75) is 6.92 Å². The third-order valence-electron chi connectivity index (χ3n) is 2.36. The normalized spacial score (nSPS) is 9.75. The van der Waals surface area contributed by atoms with Crippen molar-refractivity contribution in [1.82, 2.24) is 4.98 Å². The van der Waals surface area contributed by atoms with Gasteiger partial charge in [-0.25, -0.2) is 0 Å². The molecule has 16 heavy (non-hydrogen) atoms. The van der Waals surface area contributed by atoms with E-state index in [-0.39, 0.29) is 0 Å². The second-order valence-electron chi connectivity index (χ2n) is 3.48. The quantitative estimate of drug-likeness (QED) is 0.741. The molecule has 1 aromatic carbocycles. The molecule has 1 radical (unpaired) electrons. The number of nitrogens with zero attached hydrogens (tertiary/aromatic N) is 2. The molecule has 77 valence electrons. The summed E-state index contributed by atoms with van der Waals surface area (Å²) in [5, 5.41) is 8.95. The van der Waals surface area contributed by atoms with E-state index in [1.807, 2.05) is 43.3 Å². The van der Waals surface area contributed by atoms with E-state index in [0.29, 0.717) is 10.2 Å². The van der Waals surface area contributed by atoms with Crippen LogP contribution in [-0.4, -0.2) is 21.0 Å². The Hall–Kier alpha value is -1.62. The van der Waals surface area contributed by atoms with Crippen LogP contribution in [0.3, 0.4) is 0 Å². The molecule has 0 spiro atoms. The summed E-state index contributed by atoms with van der Waals surface area (Å²) >= 11 is 2.84. The van der Waals surface area contributed by atoms with Crippen molar-refractivity contribution in [1.29, 1.82) is 5.26 Å². The Morgan fingerprint density at radius 3 is 2.50 bits per heavy atom. The second-order valence-corrected chi connectivity index (χ2v) is 4.29. The van der Waals surface area contributed by atoms with Crippen molar-refractivity contribution in [2.75, 3.05) is 0 Å². The Bertz CT molecular complexity index is 533. The molecule has 0 aliphatic carbocycles. The topological polar surface area (TPSA) is 36.7 Å². The second kappa shape index (κ2) is 4.49. The van der Waals surface area contributed by atoms with E-state index in [0.717, 1.165) is 16.8 Å². The van der Waals surface area contributed by atoms with Crippen LogP contribution in [0.4, 0.5) is 0 Å². The Morgan fingerprint density at radius 1 is 1.25 bits per heavy atom. The first-order valence-corrected chi connectivity index (χ1v) is 5.72. The van der Waals surface area contributed by atoms with Gasteiger partial charge in [0.15, 0.2) is 0 Å². The van der Waals surface area contributed by atoms with E-state index in [1.54, 1.807) is 0 Å². The molecular formula is C13H9N2Se. The molecule has 0 saturated heterocycles. The van der Waals surface area contributed by atoms with Crippen LogP contribution in [0.5, 0.6) is 0 Å². The molecule has 0 N–H and O–H groups in total. The Labute approximate surface area is 103 Å². The van der Waals surface area contributed by atoms with Gasteiger partial charge in [-0.05, 0) is 0 Å². The molecule has 0 aliphatic rings. The molecule has 0 bridgehead atoms. The molecule has 2 nitrogen and oxygen atoms in total. The number of pyridine rings is 1. The molecular weight excluding hydrogens is 263 g/mol. The standard InChI is InChI=1S/C13H9N2Se/c1-9-7-12(10-5-3-2-4-6-10)15-13(16)11(9)8-14/h2-7H,1H3. The summed E-state index contributed by atoms with van der Waals surface area (Å²) in [7, 11) is 0. The minimum absolute atomic E-state index is 0.625. The molecule has 0 amide bonds. The third kappa shape index (κ3) is 1.99. The monoisotopic (exact) mass is 273 g/mol. The predicted octanol–water partition coefficient (Wildman–Crippen LogP) is 1.72. The van der Waals surface area contributed by atoms with Crippen LogP contribution >= 0.6 is 0 Å². The molecule has 1 heterocycles. The van der Waals surface area contributed by atoms with Gasteiger partial charge in [0.25, 0.3) is 0 Å². The number of aromatic nitrogens is 1. The first kappa shape index (κ1) is 10.9. The fourth-order valence-corrected chi connectivity index (χ4v) is 2.18. The van der Waals surface area contributed by atoms with E-state index in [4.69, 9.17) is 5.26 Å². The van der Waals surface area contributed by atoms with E-state index < -0.39 is 0 Å². The molecule has 0 saturated carbocycles. The number of nitriles is 1. The fraction of sp³-hybridized carbons (Fsp3) is 0.0769. The zero-order valence-corrected chi connectivity index (χ0v) is 10.5. The molecule has 0 atom stereocenters. The van der Waals surface area contributed by atoms with Gasteiger partial charge >= 0.3 is 103 Å². The molecule has 1 aromatic heterocycles. The van der Waals surface area contributed by atoms with Crippen LogP contribution in [0.2, 0.25) is 0 Å². The van der Waals surface area contributed by atoms with E-state index in [2.05, 4.69) is 27.1 Å². The number of hydrogen-bond acceptors (Lipinski definition) is 2. The summed E-state index contributed by atoms with van der Waals surface area (Å²) in [5.41, 5.74) is 3.53. The summed E-state index contributed by atoms with van der Waals surface area (Å²) in [4.78, 5) is 4.40. The summed E-state index contributed by atoms with van der Waals surface area (Å²) in [6, 6.07) is 14.0. The van der Waals surface area contributed by atoms with Crippen LogP contribution in [-0.2, 0) is 0 Å². The van der Waals surface area contributed by atoms with Crippen molar-refractivity contribution in [2.24, 2.45) is 0 Å². The zero-order chi connectivity index (χ0) is 11.5. The average molecular weight is 272 g/mol. The number of hydrogen-bond donors (Lipinski definition) is 0. The van der Waals surface area contributed by atoms with Crippen molar-refractivity contribution < 1.29 is 0 Å². The van der Waals surface area contributed by atoms with Crippen molar-refractivity contribution in [3.8, 4) is 17.3 Å². The molecule has 2 aromatic rings. The summed E-state index contributed by atoms with van der Waals surface area (Å²) in [5.74, 6) is 0. The Kier molecular flexibility index (Phi) is 3.05. The molecule has 3 heteroatoms. The first-order valence-electron chi connectivity index (χ1n) is 4.86. The summed E-state index contributed by atoms with van der Waals surface area (Å²) < 4.78 is 0.668. The average Bonchev–Trinajstić information content (AvgIpc) is 2.30. The van der Waals surface area contributed by atoms with Crippen molar-refractivity contribution >= 4 is 20.6 Å². The number of aryl methyl sites for hydroxylation is 1. The van der Waals surface area contributed by atoms with Crippen LogP contribution in [0.15, 0.2) is 36.4 Å². The zero-order valence-electron chi connectivity index (χ0n) is 8.77.